The highest BCUT2D eigenvalue weighted by Crippen LogP contribution is 2.20. The van der Waals surface area contributed by atoms with Crippen molar-refractivity contribution in [1.82, 2.24) is 10.6 Å². The Kier molecular flexibility index (Phi) is 3.87. The van der Waals surface area contributed by atoms with Crippen molar-refractivity contribution < 1.29 is 9.53 Å². The van der Waals surface area contributed by atoms with E-state index in [9.17, 15) is 4.79 Å². The van der Waals surface area contributed by atoms with E-state index in [1.807, 2.05) is 20.8 Å². The van der Waals surface area contributed by atoms with Gasteiger partial charge in [-0.05, 0) is 6.92 Å². The predicted molar refractivity (Wildman–Crippen MR) is 59.6 cm³/mol. The lowest BCUT2D eigenvalue weighted by Crippen LogP contribution is -2.65. The first kappa shape index (κ1) is 12.6. The Hall–Kier alpha value is -0.450. The van der Waals surface area contributed by atoms with Crippen molar-refractivity contribution in [1.29, 1.82) is 0 Å². The van der Waals surface area contributed by atoms with Crippen molar-refractivity contribution in [2.45, 2.75) is 46.0 Å². The van der Waals surface area contributed by atoms with Crippen LogP contribution < -0.4 is 10.6 Å². The minimum Gasteiger partial charge on any atom is -0.364 e. The lowest BCUT2D eigenvalue weighted by Gasteiger charge is -2.38. The van der Waals surface area contributed by atoms with Gasteiger partial charge in [-0.3, -0.25) is 10.1 Å². The van der Waals surface area contributed by atoms with Crippen LogP contribution in [0.25, 0.3) is 0 Å². The smallest absolute Gasteiger partial charge is 0.159 e. The first-order chi connectivity index (χ1) is 6.86. The maximum absolute atomic E-state index is 12.2. The van der Waals surface area contributed by atoms with E-state index >= 15 is 0 Å². The molecule has 0 aromatic rings. The van der Waals surface area contributed by atoms with Crippen LogP contribution >= 0.6 is 0 Å². The maximum atomic E-state index is 12.2. The largest absolute Gasteiger partial charge is 0.364 e. The molecule has 0 spiro atoms. The van der Waals surface area contributed by atoms with E-state index in [1.54, 1.807) is 7.11 Å². The van der Waals surface area contributed by atoms with E-state index in [4.69, 9.17) is 4.74 Å². The summed E-state index contributed by atoms with van der Waals surface area (Å²) in [4.78, 5) is 12.2. The van der Waals surface area contributed by atoms with Gasteiger partial charge in [-0.2, -0.15) is 0 Å². The molecule has 3 atom stereocenters. The highest BCUT2D eigenvalue weighted by molar-refractivity contribution is 5.89. The van der Waals surface area contributed by atoms with Gasteiger partial charge in [-0.25, -0.2) is 0 Å². The standard InChI is InChI=1S/C11H22N2O2/c1-7-6-12-10(15-5)8(13-7)9(14)11(2,3)4/h7-8,10,12-13H,6H2,1-5H3. The van der Waals surface area contributed by atoms with Crippen LogP contribution in [-0.2, 0) is 9.53 Å². The molecule has 0 bridgehead atoms. The molecule has 0 saturated carbocycles. The number of ketones is 1. The van der Waals surface area contributed by atoms with Gasteiger partial charge in [-0.1, -0.05) is 20.8 Å². The minimum absolute atomic E-state index is 0.188. The van der Waals surface area contributed by atoms with Gasteiger partial charge < -0.3 is 10.1 Å². The molecule has 0 amide bonds. The van der Waals surface area contributed by atoms with Crippen LogP contribution in [0.3, 0.4) is 0 Å². The van der Waals surface area contributed by atoms with Crippen molar-refractivity contribution in [3.8, 4) is 0 Å². The fourth-order valence-electron chi connectivity index (χ4n) is 1.76. The molecule has 0 aromatic carbocycles. The van der Waals surface area contributed by atoms with Crippen molar-refractivity contribution in [2.24, 2.45) is 5.41 Å². The van der Waals surface area contributed by atoms with E-state index < -0.39 is 0 Å². The molecule has 1 fully saturated rings. The Morgan fingerprint density at radius 2 is 2.00 bits per heavy atom. The Morgan fingerprint density at radius 3 is 2.47 bits per heavy atom. The molecule has 88 valence electrons. The normalized spacial score (nSPS) is 32.7. The fraction of sp³-hybridized carbons (Fsp3) is 0.909. The van der Waals surface area contributed by atoms with E-state index in [-0.39, 0.29) is 23.5 Å². The zero-order valence-electron chi connectivity index (χ0n) is 10.3. The molecule has 1 heterocycles. The number of methoxy groups -OCH3 is 1. The number of nitrogens with one attached hydrogen (secondary N) is 2. The SMILES string of the molecule is COC1NCC(C)NC1C(=O)C(C)(C)C. The Bertz CT molecular complexity index is 235. The highest BCUT2D eigenvalue weighted by Gasteiger charge is 2.38. The third-order valence-corrected chi connectivity index (χ3v) is 2.67. The number of Topliss-reactive ketones (excluding diaryl/α,β-unsaturated/α-hetero) is 1. The molecule has 4 nitrogen and oxygen atoms in total. The molecule has 3 unspecified atom stereocenters. The number of rotatable bonds is 2. The van der Waals surface area contributed by atoms with Crippen LogP contribution in [0.4, 0.5) is 0 Å². The maximum Gasteiger partial charge on any atom is 0.159 e. The number of carbonyl (C=O) groups excluding carboxylic acids is 1. The van der Waals surface area contributed by atoms with E-state index in [2.05, 4.69) is 17.6 Å². The van der Waals surface area contributed by atoms with Crippen LogP contribution in [0.5, 0.6) is 0 Å². The summed E-state index contributed by atoms with van der Waals surface area (Å²) >= 11 is 0. The minimum atomic E-state index is -0.340. The number of hydrogen-bond acceptors (Lipinski definition) is 4. The van der Waals surface area contributed by atoms with E-state index in [0.717, 1.165) is 6.54 Å². The zero-order chi connectivity index (χ0) is 11.6. The van der Waals surface area contributed by atoms with Gasteiger partial charge in [0.1, 0.15) is 12.3 Å². The van der Waals surface area contributed by atoms with Crippen LogP contribution in [-0.4, -0.2) is 37.7 Å². The summed E-state index contributed by atoms with van der Waals surface area (Å²) in [6.07, 6.45) is -0.215. The predicted octanol–water partition coefficient (Wildman–Crippen LogP) is 0.524. The molecule has 2 N–H and O–H groups in total. The van der Waals surface area contributed by atoms with Crippen LogP contribution in [0.15, 0.2) is 0 Å². The Labute approximate surface area is 91.8 Å². The van der Waals surface area contributed by atoms with Crippen LogP contribution in [0.2, 0.25) is 0 Å². The van der Waals surface area contributed by atoms with Gasteiger partial charge in [0.05, 0.1) is 0 Å². The molecule has 1 aliphatic heterocycles. The molecular formula is C11H22N2O2. The molecule has 1 aliphatic rings. The summed E-state index contributed by atoms with van der Waals surface area (Å²) in [6, 6.07) is 0.0476. The molecule has 0 aromatic heterocycles. The number of hydrogen-bond donors (Lipinski definition) is 2. The molecule has 0 radical (unpaired) electrons. The monoisotopic (exact) mass is 214 g/mol. The number of piperazine rings is 1. The third kappa shape index (κ3) is 3.00. The van der Waals surface area contributed by atoms with Gasteiger partial charge in [0, 0.05) is 25.1 Å². The third-order valence-electron chi connectivity index (χ3n) is 2.67. The lowest BCUT2D eigenvalue weighted by molar-refractivity contribution is -0.134. The van der Waals surface area contributed by atoms with Gasteiger partial charge in [-0.15, -0.1) is 0 Å². The highest BCUT2D eigenvalue weighted by atomic mass is 16.5. The topological polar surface area (TPSA) is 50.4 Å². The molecule has 15 heavy (non-hydrogen) atoms. The summed E-state index contributed by atoms with van der Waals surface area (Å²) < 4.78 is 5.27. The van der Waals surface area contributed by atoms with Crippen molar-refractivity contribution >= 4 is 5.78 Å². The van der Waals surface area contributed by atoms with Crippen molar-refractivity contribution in [3.05, 3.63) is 0 Å². The van der Waals surface area contributed by atoms with Crippen molar-refractivity contribution in [2.75, 3.05) is 13.7 Å². The number of ether oxygens (including phenoxy) is 1. The second-order valence-corrected chi connectivity index (χ2v) is 5.22. The van der Waals surface area contributed by atoms with E-state index in [1.165, 1.54) is 0 Å². The quantitative estimate of drug-likeness (QED) is 0.704. The summed E-state index contributed by atoms with van der Waals surface area (Å²) in [6.45, 7) is 8.68. The summed E-state index contributed by atoms with van der Waals surface area (Å²) in [7, 11) is 1.62. The van der Waals surface area contributed by atoms with Crippen molar-refractivity contribution in [3.63, 3.8) is 0 Å². The second kappa shape index (κ2) is 4.60. The summed E-state index contributed by atoms with van der Waals surface area (Å²) in [5.74, 6) is 0.188. The average Bonchev–Trinajstić information content (AvgIpc) is 2.15. The molecule has 1 rings (SSSR count). The Morgan fingerprint density at radius 1 is 1.40 bits per heavy atom. The molecule has 0 aliphatic carbocycles. The number of carbonyl (C=O) groups is 1. The van der Waals surface area contributed by atoms with Crippen LogP contribution in [0, 0.1) is 5.41 Å². The molecular weight excluding hydrogens is 192 g/mol. The second-order valence-electron chi connectivity index (χ2n) is 5.22. The van der Waals surface area contributed by atoms with Gasteiger partial charge in [0.2, 0.25) is 0 Å². The Balaban J connectivity index is 2.75. The first-order valence-corrected chi connectivity index (χ1v) is 5.43. The van der Waals surface area contributed by atoms with Gasteiger partial charge in [0.15, 0.2) is 5.78 Å². The first-order valence-electron chi connectivity index (χ1n) is 5.43. The summed E-state index contributed by atoms with van der Waals surface area (Å²) in [5, 5.41) is 6.50. The molecule has 4 heteroatoms. The van der Waals surface area contributed by atoms with Crippen LogP contribution in [0.1, 0.15) is 27.7 Å². The average molecular weight is 214 g/mol. The van der Waals surface area contributed by atoms with E-state index in [0.29, 0.717) is 6.04 Å². The van der Waals surface area contributed by atoms with Gasteiger partial charge >= 0.3 is 0 Å². The lowest BCUT2D eigenvalue weighted by atomic mass is 9.85. The fourth-order valence-corrected chi connectivity index (χ4v) is 1.76. The van der Waals surface area contributed by atoms with Gasteiger partial charge in [0.25, 0.3) is 0 Å². The zero-order valence-corrected chi connectivity index (χ0v) is 10.3. The molecule has 1 saturated heterocycles. The summed E-state index contributed by atoms with van der Waals surface area (Å²) in [5.41, 5.74) is -0.340.